The summed E-state index contributed by atoms with van der Waals surface area (Å²) in [5.41, 5.74) is 4.62. The van der Waals surface area contributed by atoms with Gasteiger partial charge in [0.05, 0.1) is 6.04 Å². The van der Waals surface area contributed by atoms with Gasteiger partial charge in [0, 0.05) is 19.1 Å². The summed E-state index contributed by atoms with van der Waals surface area (Å²) >= 11 is 0. The Morgan fingerprint density at radius 1 is 0.974 bits per heavy atom. The fourth-order valence-corrected chi connectivity index (χ4v) is 5.46. The average Bonchev–Trinajstić information content (AvgIpc) is 3.71. The number of piperidine rings is 1. The van der Waals surface area contributed by atoms with Crippen molar-refractivity contribution in [1.82, 2.24) is 26.2 Å². The molecule has 0 aromatic carbocycles. The molecule has 0 spiro atoms. The van der Waals surface area contributed by atoms with E-state index in [9.17, 15) is 24.0 Å². The Balaban J connectivity index is 1.39. The van der Waals surface area contributed by atoms with E-state index in [-0.39, 0.29) is 29.7 Å². The molecule has 38 heavy (non-hydrogen) atoms. The van der Waals surface area contributed by atoms with Gasteiger partial charge in [-0.05, 0) is 68.2 Å². The maximum Gasteiger partial charge on any atom is 0.315 e. The molecule has 0 aromatic heterocycles. The number of carbonyl (C=O) groups excluding carboxylic acids is 5. The van der Waals surface area contributed by atoms with E-state index in [2.05, 4.69) is 21.3 Å². The van der Waals surface area contributed by atoms with Crippen molar-refractivity contribution < 1.29 is 24.0 Å². The minimum Gasteiger partial charge on any atom is -0.363 e. The number of urea groups is 1. The van der Waals surface area contributed by atoms with Crippen molar-refractivity contribution >= 4 is 29.5 Å². The molecule has 0 radical (unpaired) electrons. The molecular formula is C27H44N6O5. The molecule has 6 atom stereocenters. The van der Waals surface area contributed by atoms with E-state index >= 15 is 0 Å². The highest BCUT2D eigenvalue weighted by atomic mass is 16.2. The van der Waals surface area contributed by atoms with Gasteiger partial charge in [0.2, 0.25) is 17.6 Å². The Hall–Kier alpha value is -2.69. The largest absolute Gasteiger partial charge is 0.363 e. The summed E-state index contributed by atoms with van der Waals surface area (Å²) < 4.78 is 0. The number of likely N-dealkylation sites (tertiary alicyclic amines) is 1. The third kappa shape index (κ3) is 7.24. The molecule has 6 N–H and O–H groups in total. The summed E-state index contributed by atoms with van der Waals surface area (Å²) in [7, 11) is 0. The zero-order valence-electron chi connectivity index (χ0n) is 23.0. The van der Waals surface area contributed by atoms with Crippen molar-refractivity contribution in [2.75, 3.05) is 19.6 Å². The number of nitrogens with two attached hydrogens (primary N) is 1. The van der Waals surface area contributed by atoms with Gasteiger partial charge in [-0.25, -0.2) is 4.79 Å². The molecule has 3 aliphatic carbocycles. The van der Waals surface area contributed by atoms with Gasteiger partial charge >= 0.3 is 6.03 Å². The Kier molecular flexibility index (Phi) is 8.34. The second kappa shape index (κ2) is 11.2. The van der Waals surface area contributed by atoms with Crippen LogP contribution in [0.15, 0.2) is 0 Å². The SMILES string of the molecule is C[C@@H](CNCC1CC1)NC(=O)N[C@H](C(=O)N1C[C@@H]2C[C@@H]2[C@H]1C(=O)NC(CC1CC1)C(=O)C(N)=O)C(C)(C)C. The molecule has 1 heterocycles. The van der Waals surface area contributed by atoms with Crippen LogP contribution in [0.1, 0.15) is 66.2 Å². The smallest absolute Gasteiger partial charge is 0.315 e. The molecule has 212 valence electrons. The lowest BCUT2D eigenvalue weighted by Gasteiger charge is -2.37. The lowest BCUT2D eigenvalue weighted by atomic mass is 9.85. The summed E-state index contributed by atoms with van der Waals surface area (Å²) in [6.07, 6.45) is 5.62. The van der Waals surface area contributed by atoms with Crippen LogP contribution in [0.2, 0.25) is 0 Å². The molecule has 4 fully saturated rings. The van der Waals surface area contributed by atoms with Gasteiger partial charge in [-0.2, -0.15) is 0 Å². The van der Waals surface area contributed by atoms with Gasteiger partial charge in [-0.1, -0.05) is 33.6 Å². The van der Waals surface area contributed by atoms with Gasteiger partial charge in [0.1, 0.15) is 12.1 Å². The third-order valence-corrected chi connectivity index (χ3v) is 8.19. The van der Waals surface area contributed by atoms with Crippen LogP contribution in [0.4, 0.5) is 4.79 Å². The summed E-state index contributed by atoms with van der Waals surface area (Å²) in [5.74, 6) is -1.37. The van der Waals surface area contributed by atoms with Crippen molar-refractivity contribution in [1.29, 1.82) is 0 Å². The van der Waals surface area contributed by atoms with Crippen LogP contribution < -0.4 is 27.0 Å². The molecule has 11 heteroatoms. The van der Waals surface area contributed by atoms with Crippen LogP contribution in [0.25, 0.3) is 0 Å². The minimum absolute atomic E-state index is 0.0104. The number of fused-ring (bicyclic) bond motifs is 1. The fourth-order valence-electron chi connectivity index (χ4n) is 5.46. The monoisotopic (exact) mass is 532 g/mol. The van der Waals surface area contributed by atoms with E-state index in [0.29, 0.717) is 19.5 Å². The van der Waals surface area contributed by atoms with Gasteiger partial charge in [-0.3, -0.25) is 19.2 Å². The van der Waals surface area contributed by atoms with E-state index in [0.717, 1.165) is 31.7 Å². The molecular weight excluding hydrogens is 488 g/mol. The first-order valence-electron chi connectivity index (χ1n) is 14.1. The molecule has 4 rings (SSSR count). The van der Waals surface area contributed by atoms with Crippen molar-refractivity contribution in [3.05, 3.63) is 0 Å². The molecule has 3 saturated carbocycles. The second-order valence-electron chi connectivity index (χ2n) is 13.0. The van der Waals surface area contributed by atoms with Gasteiger partial charge in [0.25, 0.3) is 5.91 Å². The third-order valence-electron chi connectivity index (χ3n) is 8.19. The Morgan fingerprint density at radius 2 is 1.63 bits per heavy atom. The number of nitrogens with zero attached hydrogens (tertiary/aromatic N) is 1. The predicted molar refractivity (Wildman–Crippen MR) is 141 cm³/mol. The van der Waals surface area contributed by atoms with Gasteiger partial charge in [-0.15, -0.1) is 0 Å². The maximum atomic E-state index is 13.8. The number of rotatable bonds is 13. The predicted octanol–water partition coefficient (Wildman–Crippen LogP) is 0.275. The van der Waals surface area contributed by atoms with Crippen molar-refractivity contribution in [2.24, 2.45) is 34.8 Å². The molecule has 1 aliphatic heterocycles. The molecule has 0 bridgehead atoms. The number of hydrogen-bond donors (Lipinski definition) is 5. The zero-order valence-corrected chi connectivity index (χ0v) is 23.0. The normalized spacial score (nSPS) is 26.5. The highest BCUT2D eigenvalue weighted by molar-refractivity contribution is 6.37. The number of hydrogen-bond acceptors (Lipinski definition) is 6. The first kappa shape index (κ1) is 28.3. The minimum atomic E-state index is -1.07. The molecule has 1 saturated heterocycles. The molecule has 0 aromatic rings. The highest BCUT2D eigenvalue weighted by Gasteiger charge is 2.58. The standard InChI is InChI=1S/C27H44N6O5/c1-14(11-29-12-16-7-8-16)30-26(38)32-22(27(2,3)4)25(37)33-13-17-10-18(17)20(33)24(36)31-19(9-15-5-6-15)21(34)23(28)35/h14-20,22,29H,5-13H2,1-4H3,(H2,28,35)(H,31,36)(H2,30,32,38)/t14-,17-,18-,19?,20-,22+/m0/s1. The summed E-state index contributed by atoms with van der Waals surface area (Å²) in [6, 6.07) is -3.11. The van der Waals surface area contributed by atoms with Crippen LogP contribution in [-0.2, 0) is 19.2 Å². The number of nitrogens with one attached hydrogen (secondary N) is 4. The van der Waals surface area contributed by atoms with E-state index in [4.69, 9.17) is 5.73 Å². The summed E-state index contributed by atoms with van der Waals surface area (Å²) in [4.78, 5) is 65.6. The number of ketones is 1. The number of carbonyl (C=O) groups is 5. The van der Waals surface area contributed by atoms with Crippen molar-refractivity contribution in [3.8, 4) is 0 Å². The number of Topliss-reactive ketones (excluding diaryl/α,β-unsaturated/α-hetero) is 1. The molecule has 11 nitrogen and oxygen atoms in total. The van der Waals surface area contributed by atoms with E-state index in [1.165, 1.54) is 12.8 Å². The van der Waals surface area contributed by atoms with Crippen LogP contribution >= 0.6 is 0 Å². The first-order chi connectivity index (χ1) is 17.8. The van der Waals surface area contributed by atoms with Crippen LogP contribution in [0.5, 0.6) is 0 Å². The van der Waals surface area contributed by atoms with E-state index < -0.39 is 47.2 Å². The van der Waals surface area contributed by atoms with Crippen LogP contribution in [-0.4, -0.2) is 78.2 Å². The maximum absolute atomic E-state index is 13.8. The molecule has 4 aliphatic rings. The second-order valence-corrected chi connectivity index (χ2v) is 13.0. The van der Waals surface area contributed by atoms with Crippen LogP contribution in [0.3, 0.4) is 0 Å². The van der Waals surface area contributed by atoms with Crippen LogP contribution in [0, 0.1) is 29.1 Å². The summed E-state index contributed by atoms with van der Waals surface area (Å²) in [6.45, 7) is 9.55. The Bertz CT molecular complexity index is 956. The Morgan fingerprint density at radius 3 is 2.21 bits per heavy atom. The Labute approximate surface area is 224 Å². The number of amides is 5. The number of primary amides is 1. The molecule has 5 amide bonds. The quantitative estimate of drug-likeness (QED) is 0.214. The molecule has 1 unspecified atom stereocenters. The van der Waals surface area contributed by atoms with Gasteiger partial charge in [0.15, 0.2) is 0 Å². The summed E-state index contributed by atoms with van der Waals surface area (Å²) in [5, 5.41) is 11.9. The van der Waals surface area contributed by atoms with Crippen molar-refractivity contribution in [2.45, 2.75) is 90.4 Å². The van der Waals surface area contributed by atoms with Gasteiger partial charge < -0.3 is 31.9 Å². The van der Waals surface area contributed by atoms with Crippen molar-refractivity contribution in [3.63, 3.8) is 0 Å². The lowest BCUT2D eigenvalue weighted by molar-refractivity contribution is -0.144. The zero-order chi connectivity index (χ0) is 27.8. The highest BCUT2D eigenvalue weighted by Crippen LogP contribution is 2.50. The lowest BCUT2D eigenvalue weighted by Crippen LogP contribution is -2.61. The van der Waals surface area contributed by atoms with E-state index in [1.54, 1.807) is 4.90 Å². The fraction of sp³-hybridized carbons (Fsp3) is 0.815. The topological polar surface area (TPSA) is 163 Å². The average molecular weight is 533 g/mol. The van der Waals surface area contributed by atoms with E-state index in [1.807, 2.05) is 27.7 Å². The first-order valence-corrected chi connectivity index (χ1v) is 14.1.